The molecule has 0 bridgehead atoms. The molecule has 0 aromatic heterocycles. The molecule has 22 heavy (non-hydrogen) atoms. The van der Waals surface area contributed by atoms with Gasteiger partial charge in [-0.2, -0.15) is 5.26 Å². The summed E-state index contributed by atoms with van der Waals surface area (Å²) in [5, 5.41) is 18.2. The average molecular weight is 322 g/mol. The van der Waals surface area contributed by atoms with E-state index >= 15 is 0 Å². The van der Waals surface area contributed by atoms with E-state index in [1.54, 1.807) is 12.1 Å². The zero-order valence-corrected chi connectivity index (χ0v) is 13.6. The van der Waals surface area contributed by atoms with E-state index in [1.165, 1.54) is 12.1 Å². The van der Waals surface area contributed by atoms with Crippen molar-refractivity contribution in [2.45, 2.75) is 30.7 Å². The minimum atomic E-state index is -3.40. The molecule has 120 valence electrons. The molecule has 1 aliphatic rings. The zero-order valence-electron chi connectivity index (χ0n) is 12.8. The Morgan fingerprint density at radius 2 is 2.18 bits per heavy atom. The molecule has 0 spiro atoms. The molecule has 1 aliphatic heterocycles. The van der Waals surface area contributed by atoms with Crippen LogP contribution < -0.4 is 0 Å². The van der Waals surface area contributed by atoms with Gasteiger partial charge in [-0.15, -0.1) is 0 Å². The molecule has 1 aromatic carbocycles. The number of aliphatic hydroxyl groups is 1. The molecule has 1 heterocycles. The summed E-state index contributed by atoms with van der Waals surface area (Å²) < 4.78 is 24.8. The summed E-state index contributed by atoms with van der Waals surface area (Å²) in [6.45, 7) is 3.44. The van der Waals surface area contributed by atoms with Gasteiger partial charge in [0.1, 0.15) is 0 Å². The summed E-state index contributed by atoms with van der Waals surface area (Å²) in [5.41, 5.74) is 0.354. The first-order chi connectivity index (χ1) is 10.5. The van der Waals surface area contributed by atoms with Crippen LogP contribution in [0.5, 0.6) is 0 Å². The fourth-order valence-corrected chi connectivity index (χ4v) is 4.14. The Morgan fingerprint density at radius 1 is 1.41 bits per heavy atom. The number of sulfone groups is 1. The van der Waals surface area contributed by atoms with E-state index < -0.39 is 9.84 Å². The van der Waals surface area contributed by atoms with Crippen LogP contribution in [0.2, 0.25) is 0 Å². The fraction of sp³-hybridized carbons (Fsp3) is 0.562. The first-order valence-electron chi connectivity index (χ1n) is 7.54. The first kappa shape index (κ1) is 16.9. The molecule has 0 amide bonds. The monoisotopic (exact) mass is 322 g/mol. The van der Waals surface area contributed by atoms with Crippen molar-refractivity contribution in [3.8, 4) is 6.07 Å². The summed E-state index contributed by atoms with van der Waals surface area (Å²) in [7, 11) is -3.40. The Kier molecular flexibility index (Phi) is 5.57. The predicted molar refractivity (Wildman–Crippen MR) is 84.1 cm³/mol. The number of nitrogens with zero attached hydrogens (tertiary/aromatic N) is 2. The second kappa shape index (κ2) is 7.23. The van der Waals surface area contributed by atoms with E-state index in [9.17, 15) is 13.5 Å². The van der Waals surface area contributed by atoms with E-state index in [2.05, 4.69) is 11.8 Å². The van der Waals surface area contributed by atoms with E-state index in [1.807, 2.05) is 6.07 Å². The third-order valence-electron chi connectivity index (χ3n) is 4.34. The van der Waals surface area contributed by atoms with Crippen LogP contribution >= 0.6 is 0 Å². The van der Waals surface area contributed by atoms with Crippen molar-refractivity contribution in [1.82, 2.24) is 4.90 Å². The van der Waals surface area contributed by atoms with Crippen molar-refractivity contribution in [2.75, 3.05) is 25.4 Å². The summed E-state index contributed by atoms with van der Waals surface area (Å²) in [6, 6.07) is 8.44. The molecule has 0 saturated carbocycles. The van der Waals surface area contributed by atoms with Crippen LogP contribution in [0, 0.1) is 17.2 Å². The highest BCUT2D eigenvalue weighted by molar-refractivity contribution is 7.91. The van der Waals surface area contributed by atoms with Crippen molar-refractivity contribution < 1.29 is 13.5 Å². The van der Waals surface area contributed by atoms with Gasteiger partial charge in [0, 0.05) is 25.7 Å². The van der Waals surface area contributed by atoms with Gasteiger partial charge in [-0.3, -0.25) is 4.90 Å². The molecule has 2 rings (SSSR count). The highest BCUT2D eigenvalue weighted by atomic mass is 32.2. The lowest BCUT2D eigenvalue weighted by atomic mass is 9.94. The normalized spacial score (nSPS) is 23.1. The number of hydrogen-bond acceptors (Lipinski definition) is 5. The van der Waals surface area contributed by atoms with E-state index in [0.717, 1.165) is 19.4 Å². The minimum absolute atomic E-state index is 0.0321. The Bertz CT molecular complexity index is 652. The minimum Gasteiger partial charge on any atom is -0.396 e. The quantitative estimate of drug-likeness (QED) is 0.887. The number of benzene rings is 1. The highest BCUT2D eigenvalue weighted by Crippen LogP contribution is 2.22. The van der Waals surface area contributed by atoms with Crippen molar-refractivity contribution >= 4 is 9.84 Å². The van der Waals surface area contributed by atoms with Crippen LogP contribution in [-0.4, -0.2) is 49.9 Å². The van der Waals surface area contributed by atoms with Crippen molar-refractivity contribution in [1.29, 1.82) is 5.26 Å². The number of piperidine rings is 1. The topological polar surface area (TPSA) is 81.4 Å². The van der Waals surface area contributed by atoms with E-state index in [-0.39, 0.29) is 23.2 Å². The standard InChI is InChI=1S/C16H22N2O3S/c1-13-5-6-15(12-19)11-18(13)7-8-22(20,21)16-4-2-3-14(9-16)10-17/h2-4,9,13,15,19H,5-8,11-12H2,1H3/t13-,15+/m1/s1. The molecule has 1 saturated heterocycles. The first-order valence-corrected chi connectivity index (χ1v) is 9.19. The molecule has 0 aliphatic carbocycles. The van der Waals surface area contributed by atoms with Gasteiger partial charge in [-0.05, 0) is 43.9 Å². The molecule has 5 nitrogen and oxygen atoms in total. The predicted octanol–water partition coefficient (Wildman–Crippen LogP) is 1.42. The summed E-state index contributed by atoms with van der Waals surface area (Å²) >= 11 is 0. The lowest BCUT2D eigenvalue weighted by Crippen LogP contribution is -2.44. The number of likely N-dealkylation sites (tertiary alicyclic amines) is 1. The number of rotatable bonds is 5. The average Bonchev–Trinajstić information content (AvgIpc) is 2.54. The van der Waals surface area contributed by atoms with Crippen molar-refractivity contribution in [3.05, 3.63) is 29.8 Å². The van der Waals surface area contributed by atoms with Crippen LogP contribution in [0.15, 0.2) is 29.2 Å². The third-order valence-corrected chi connectivity index (χ3v) is 6.03. The van der Waals surface area contributed by atoms with Gasteiger partial charge in [0.15, 0.2) is 9.84 Å². The molecular formula is C16H22N2O3S. The molecule has 1 aromatic rings. The van der Waals surface area contributed by atoms with E-state index in [0.29, 0.717) is 18.2 Å². The van der Waals surface area contributed by atoms with Gasteiger partial charge in [0.2, 0.25) is 0 Å². The molecule has 2 atom stereocenters. The molecule has 0 unspecified atom stereocenters. The van der Waals surface area contributed by atoms with Crippen LogP contribution in [0.3, 0.4) is 0 Å². The van der Waals surface area contributed by atoms with Gasteiger partial charge >= 0.3 is 0 Å². The maximum Gasteiger partial charge on any atom is 0.179 e. The number of hydrogen-bond donors (Lipinski definition) is 1. The maximum absolute atomic E-state index is 12.4. The lowest BCUT2D eigenvalue weighted by Gasteiger charge is -2.37. The van der Waals surface area contributed by atoms with E-state index in [4.69, 9.17) is 5.26 Å². The van der Waals surface area contributed by atoms with Crippen LogP contribution in [0.1, 0.15) is 25.3 Å². The van der Waals surface area contributed by atoms with Crippen molar-refractivity contribution in [3.63, 3.8) is 0 Å². The zero-order chi connectivity index (χ0) is 16.2. The van der Waals surface area contributed by atoms with Gasteiger partial charge in [0.05, 0.1) is 22.3 Å². The number of nitriles is 1. The Labute approximate surface area is 132 Å². The summed E-state index contributed by atoms with van der Waals surface area (Å²) in [6.07, 6.45) is 1.97. The Balaban J connectivity index is 2.04. The maximum atomic E-state index is 12.4. The lowest BCUT2D eigenvalue weighted by molar-refractivity contribution is 0.0879. The second-order valence-corrected chi connectivity index (χ2v) is 8.04. The Hall–Kier alpha value is -1.42. The van der Waals surface area contributed by atoms with Crippen LogP contribution in [0.4, 0.5) is 0 Å². The SMILES string of the molecule is C[C@@H]1CC[C@H](CO)CN1CCS(=O)(=O)c1cccc(C#N)c1. The second-order valence-electron chi connectivity index (χ2n) is 5.93. The number of aliphatic hydroxyl groups excluding tert-OH is 1. The summed E-state index contributed by atoms with van der Waals surface area (Å²) in [5.74, 6) is 0.269. The molecular weight excluding hydrogens is 300 g/mol. The van der Waals surface area contributed by atoms with Crippen LogP contribution in [0.25, 0.3) is 0 Å². The largest absolute Gasteiger partial charge is 0.396 e. The van der Waals surface area contributed by atoms with Crippen molar-refractivity contribution in [2.24, 2.45) is 5.92 Å². The highest BCUT2D eigenvalue weighted by Gasteiger charge is 2.26. The molecule has 1 N–H and O–H groups in total. The van der Waals surface area contributed by atoms with Gasteiger partial charge in [-0.25, -0.2) is 8.42 Å². The molecule has 6 heteroatoms. The van der Waals surface area contributed by atoms with Gasteiger partial charge < -0.3 is 5.11 Å². The summed E-state index contributed by atoms with van der Waals surface area (Å²) in [4.78, 5) is 2.34. The van der Waals surface area contributed by atoms with Gasteiger partial charge in [-0.1, -0.05) is 6.07 Å². The fourth-order valence-electron chi connectivity index (χ4n) is 2.84. The van der Waals surface area contributed by atoms with Crippen LogP contribution in [-0.2, 0) is 9.84 Å². The molecule has 1 fully saturated rings. The smallest absolute Gasteiger partial charge is 0.179 e. The van der Waals surface area contributed by atoms with Gasteiger partial charge in [0.25, 0.3) is 0 Å². The Morgan fingerprint density at radius 3 is 2.86 bits per heavy atom. The third kappa shape index (κ3) is 4.07. The molecule has 0 radical (unpaired) electrons.